The summed E-state index contributed by atoms with van der Waals surface area (Å²) in [6, 6.07) is 7.18. The molecule has 17 heavy (non-hydrogen) atoms. The summed E-state index contributed by atoms with van der Waals surface area (Å²) < 4.78 is 13.3. The van der Waals surface area contributed by atoms with E-state index >= 15 is 0 Å². The fourth-order valence-electron chi connectivity index (χ4n) is 3.18. The fraction of sp³-hybridized carbons (Fsp3) is 0.600. The smallest absolute Gasteiger partial charge is 0.136 e. The van der Waals surface area contributed by atoms with Gasteiger partial charge in [0.05, 0.1) is 0 Å². The third kappa shape index (κ3) is 2.91. The van der Waals surface area contributed by atoms with Gasteiger partial charge in [-0.15, -0.1) is 0 Å². The van der Waals surface area contributed by atoms with Crippen molar-refractivity contribution in [2.75, 3.05) is 0 Å². The normalized spacial score (nSPS) is 20.2. The highest BCUT2D eigenvalue weighted by Crippen LogP contribution is 2.37. The van der Waals surface area contributed by atoms with Crippen molar-refractivity contribution in [3.05, 3.63) is 35.6 Å². The van der Waals surface area contributed by atoms with Crippen LogP contribution in [0.15, 0.2) is 24.3 Å². The van der Waals surface area contributed by atoms with Gasteiger partial charge < -0.3 is 0 Å². The second kappa shape index (κ2) is 5.24. The topological polar surface area (TPSA) is 0 Å². The summed E-state index contributed by atoms with van der Waals surface area (Å²) in [5.41, 5.74) is 1.17. The number of hydrogen-bond acceptors (Lipinski definition) is 0. The predicted octanol–water partition coefficient (Wildman–Crippen LogP) is 4.25. The van der Waals surface area contributed by atoms with Crippen molar-refractivity contribution in [3.63, 3.8) is 0 Å². The molecule has 1 aliphatic carbocycles. The average molecular weight is 232 g/mol. The summed E-state index contributed by atoms with van der Waals surface area (Å²) >= 11 is 0. The summed E-state index contributed by atoms with van der Waals surface area (Å²) in [5, 5.41) is 0.150. The summed E-state index contributed by atoms with van der Waals surface area (Å²) in [6.07, 6.45) is 6.59. The average Bonchev–Trinajstić information content (AvgIpc) is 2.81. The van der Waals surface area contributed by atoms with E-state index < -0.39 is 0 Å². The second-order valence-electron chi connectivity index (χ2n) is 5.78. The van der Waals surface area contributed by atoms with Crippen LogP contribution in [0.3, 0.4) is 0 Å². The van der Waals surface area contributed by atoms with E-state index in [1.807, 2.05) is 6.07 Å². The first-order valence-corrected chi connectivity index (χ1v) is 6.90. The van der Waals surface area contributed by atoms with Gasteiger partial charge >= 0.3 is 0 Å². The molecule has 1 fully saturated rings. The maximum absolute atomic E-state index is 13.3. The zero-order valence-corrected chi connectivity index (χ0v) is 11.0. The van der Waals surface area contributed by atoms with Crippen LogP contribution in [0.25, 0.3) is 0 Å². The Morgan fingerprint density at radius 2 is 2.06 bits per heavy atom. The molecule has 92 valence electrons. The second-order valence-corrected chi connectivity index (χ2v) is 5.78. The molecule has 0 aliphatic heterocycles. The van der Waals surface area contributed by atoms with E-state index in [0.717, 1.165) is 12.2 Å². The molecule has 0 spiro atoms. The molecule has 0 nitrogen and oxygen atoms in total. The van der Waals surface area contributed by atoms with Crippen molar-refractivity contribution in [3.8, 4) is 0 Å². The van der Waals surface area contributed by atoms with Gasteiger partial charge in [0.2, 0.25) is 0 Å². The largest absolute Gasteiger partial charge is 0.207 e. The molecule has 1 atom stereocenters. The molecule has 0 aromatic heterocycles. The zero-order chi connectivity index (χ0) is 12.3. The van der Waals surface area contributed by atoms with E-state index in [2.05, 4.69) is 19.9 Å². The van der Waals surface area contributed by atoms with Gasteiger partial charge in [-0.05, 0) is 23.0 Å². The monoisotopic (exact) mass is 232 g/mol. The molecule has 0 N–H and O–H groups in total. The van der Waals surface area contributed by atoms with Gasteiger partial charge in [0, 0.05) is 0 Å². The van der Waals surface area contributed by atoms with E-state index in [0.29, 0.717) is 0 Å². The molecule has 1 saturated carbocycles. The highest BCUT2D eigenvalue weighted by Gasteiger charge is 2.31. The van der Waals surface area contributed by atoms with Gasteiger partial charge in [-0.3, -0.25) is 0 Å². The Balaban J connectivity index is 2.17. The molecule has 2 rings (SSSR count). The first-order chi connectivity index (χ1) is 8.14. The standard InChI is InChI=1S/C15H22BF/c1-3-15(2,16-13-8-4-5-9-13)12-7-6-10-14(17)11-12/h6-7,10-11,13,16H,3-5,8-9H2,1-2H3. The minimum Gasteiger partial charge on any atom is -0.207 e. The fourth-order valence-corrected chi connectivity index (χ4v) is 3.18. The maximum Gasteiger partial charge on any atom is 0.136 e. The molecule has 0 saturated heterocycles. The summed E-state index contributed by atoms with van der Waals surface area (Å²) in [4.78, 5) is 0. The summed E-state index contributed by atoms with van der Waals surface area (Å²) in [7, 11) is 1.22. The molecule has 0 radical (unpaired) electrons. The lowest BCUT2D eigenvalue weighted by Crippen LogP contribution is -2.31. The van der Waals surface area contributed by atoms with Crippen LogP contribution in [0.2, 0.25) is 5.82 Å². The van der Waals surface area contributed by atoms with E-state index in [1.165, 1.54) is 44.6 Å². The van der Waals surface area contributed by atoms with E-state index in [9.17, 15) is 4.39 Å². The lowest BCUT2D eigenvalue weighted by molar-refractivity contribution is 0.594. The van der Waals surface area contributed by atoms with E-state index in [-0.39, 0.29) is 11.1 Å². The molecule has 1 unspecified atom stereocenters. The molecular formula is C15H22BF. The van der Waals surface area contributed by atoms with Gasteiger partial charge in [0.25, 0.3) is 0 Å². The van der Waals surface area contributed by atoms with Gasteiger partial charge in [0.1, 0.15) is 13.1 Å². The molecule has 1 aliphatic rings. The van der Waals surface area contributed by atoms with Crippen LogP contribution in [0.4, 0.5) is 4.39 Å². The van der Waals surface area contributed by atoms with E-state index in [1.54, 1.807) is 6.07 Å². The quantitative estimate of drug-likeness (QED) is 0.680. The van der Waals surface area contributed by atoms with Crippen LogP contribution in [0.5, 0.6) is 0 Å². The van der Waals surface area contributed by atoms with Crippen molar-refractivity contribution in [2.45, 2.75) is 57.1 Å². The zero-order valence-electron chi connectivity index (χ0n) is 11.0. The van der Waals surface area contributed by atoms with Gasteiger partial charge in [-0.25, -0.2) is 4.39 Å². The number of halogens is 1. The SMILES string of the molecule is CCC(C)(BC1CCCC1)c1cccc(F)c1. The van der Waals surface area contributed by atoms with Gasteiger partial charge in [-0.2, -0.15) is 0 Å². The Kier molecular flexibility index (Phi) is 3.91. The molecular weight excluding hydrogens is 210 g/mol. The van der Waals surface area contributed by atoms with Crippen molar-refractivity contribution in [1.82, 2.24) is 0 Å². The van der Waals surface area contributed by atoms with Crippen molar-refractivity contribution < 1.29 is 4.39 Å². The van der Waals surface area contributed by atoms with E-state index in [4.69, 9.17) is 0 Å². The lowest BCUT2D eigenvalue weighted by Gasteiger charge is -2.30. The molecule has 2 heteroatoms. The Bertz CT molecular complexity index is 371. The highest BCUT2D eigenvalue weighted by molar-refractivity contribution is 6.42. The lowest BCUT2D eigenvalue weighted by atomic mass is 9.43. The van der Waals surface area contributed by atoms with Crippen molar-refractivity contribution in [1.29, 1.82) is 0 Å². The Hall–Kier alpha value is -0.785. The molecule has 1 aromatic rings. The summed E-state index contributed by atoms with van der Waals surface area (Å²) in [5.74, 6) is 0.747. The molecule has 0 amide bonds. The van der Waals surface area contributed by atoms with Crippen LogP contribution in [0.1, 0.15) is 51.5 Å². The minimum absolute atomic E-state index is 0.103. The minimum atomic E-state index is -0.103. The first-order valence-electron chi connectivity index (χ1n) is 6.90. The predicted molar refractivity (Wildman–Crippen MR) is 73.4 cm³/mol. The van der Waals surface area contributed by atoms with Crippen LogP contribution < -0.4 is 0 Å². The van der Waals surface area contributed by atoms with Crippen LogP contribution in [0, 0.1) is 5.82 Å². The Morgan fingerprint density at radius 3 is 2.65 bits per heavy atom. The first kappa shape index (κ1) is 12.7. The summed E-state index contributed by atoms with van der Waals surface area (Å²) in [6.45, 7) is 4.51. The van der Waals surface area contributed by atoms with Crippen LogP contribution >= 0.6 is 0 Å². The van der Waals surface area contributed by atoms with Gasteiger partial charge in [-0.1, -0.05) is 63.9 Å². The van der Waals surface area contributed by atoms with Crippen LogP contribution in [-0.2, 0) is 5.31 Å². The molecule has 1 aromatic carbocycles. The van der Waals surface area contributed by atoms with Gasteiger partial charge in [0.15, 0.2) is 0 Å². The number of hydrogen-bond donors (Lipinski definition) is 0. The van der Waals surface area contributed by atoms with Crippen LogP contribution in [-0.4, -0.2) is 7.28 Å². The number of benzene rings is 1. The Labute approximate surface area is 105 Å². The molecule has 0 bridgehead atoms. The third-order valence-electron chi connectivity index (χ3n) is 4.52. The number of rotatable bonds is 4. The van der Waals surface area contributed by atoms with Crippen molar-refractivity contribution >= 4 is 7.28 Å². The maximum atomic E-state index is 13.3. The molecule has 0 heterocycles. The Morgan fingerprint density at radius 1 is 1.35 bits per heavy atom. The van der Waals surface area contributed by atoms with Crippen molar-refractivity contribution in [2.24, 2.45) is 0 Å². The third-order valence-corrected chi connectivity index (χ3v) is 4.52. The highest BCUT2D eigenvalue weighted by atomic mass is 19.1.